The number of rotatable bonds is 6. The molecule has 90 valence electrons. The van der Waals surface area contributed by atoms with Crippen molar-refractivity contribution < 1.29 is 9.90 Å². The summed E-state index contributed by atoms with van der Waals surface area (Å²) in [6.45, 7) is 2.82. The molecule has 0 fully saturated rings. The van der Waals surface area contributed by atoms with Gasteiger partial charge in [-0.05, 0) is 21.0 Å². The van der Waals surface area contributed by atoms with Gasteiger partial charge in [-0.3, -0.25) is 4.79 Å². The molecular weight excluding hydrogens is 194 g/mol. The average Bonchev–Trinajstić information content (AvgIpc) is 2.11. The highest BCUT2D eigenvalue weighted by atomic mass is 16.3. The van der Waals surface area contributed by atoms with Crippen molar-refractivity contribution in [3.05, 3.63) is 0 Å². The molecule has 0 aliphatic carbocycles. The van der Waals surface area contributed by atoms with Gasteiger partial charge in [-0.25, -0.2) is 0 Å². The van der Waals surface area contributed by atoms with Crippen LogP contribution in [0.2, 0.25) is 0 Å². The van der Waals surface area contributed by atoms with Gasteiger partial charge in [0.1, 0.15) is 0 Å². The highest BCUT2D eigenvalue weighted by Crippen LogP contribution is 1.90. The summed E-state index contributed by atoms with van der Waals surface area (Å²) in [6.07, 6.45) is -0.447. The first-order valence-electron chi connectivity index (χ1n) is 5.12. The Labute approximate surface area is 92.0 Å². The summed E-state index contributed by atoms with van der Waals surface area (Å²) < 4.78 is 0. The first kappa shape index (κ1) is 14.3. The Balaban J connectivity index is 3.80. The van der Waals surface area contributed by atoms with E-state index in [0.29, 0.717) is 13.1 Å². The minimum absolute atomic E-state index is 0.0204. The van der Waals surface area contributed by atoms with Crippen LogP contribution in [0, 0.1) is 0 Å². The zero-order valence-electron chi connectivity index (χ0n) is 10.3. The molecule has 15 heavy (non-hydrogen) atoms. The van der Waals surface area contributed by atoms with Crippen LogP contribution in [0.4, 0.5) is 0 Å². The Bertz CT molecular complexity index is 195. The second kappa shape index (κ2) is 6.76. The van der Waals surface area contributed by atoms with E-state index in [1.54, 1.807) is 21.0 Å². The van der Waals surface area contributed by atoms with Crippen LogP contribution in [-0.2, 0) is 4.79 Å². The van der Waals surface area contributed by atoms with E-state index in [9.17, 15) is 9.90 Å². The van der Waals surface area contributed by atoms with E-state index in [1.807, 2.05) is 19.0 Å². The van der Waals surface area contributed by atoms with Crippen LogP contribution in [0.5, 0.6) is 0 Å². The van der Waals surface area contributed by atoms with Gasteiger partial charge in [0, 0.05) is 27.2 Å². The lowest BCUT2D eigenvalue weighted by molar-refractivity contribution is -0.130. The molecule has 5 nitrogen and oxygen atoms in total. The Morgan fingerprint density at radius 2 is 1.87 bits per heavy atom. The van der Waals surface area contributed by atoms with Gasteiger partial charge < -0.3 is 20.2 Å². The number of hydrogen-bond donors (Lipinski definition) is 2. The number of nitrogens with zero attached hydrogens (tertiary/aromatic N) is 2. The zero-order chi connectivity index (χ0) is 12.0. The molecule has 0 rings (SSSR count). The summed E-state index contributed by atoms with van der Waals surface area (Å²) in [7, 11) is 7.24. The summed E-state index contributed by atoms with van der Waals surface area (Å²) in [5.41, 5.74) is 0. The molecule has 5 heteroatoms. The van der Waals surface area contributed by atoms with Crippen molar-refractivity contribution in [3.63, 3.8) is 0 Å². The van der Waals surface area contributed by atoms with Crippen molar-refractivity contribution in [1.29, 1.82) is 0 Å². The summed E-state index contributed by atoms with van der Waals surface area (Å²) in [6, 6.07) is -0.253. The number of amides is 1. The van der Waals surface area contributed by atoms with Gasteiger partial charge in [-0.1, -0.05) is 0 Å². The maximum atomic E-state index is 11.4. The second-order valence-electron chi connectivity index (χ2n) is 4.28. The van der Waals surface area contributed by atoms with Crippen LogP contribution >= 0.6 is 0 Å². The SMILES string of the molecule is CC(NCC(O)CN(C)C)C(=O)N(C)C. The maximum Gasteiger partial charge on any atom is 0.238 e. The predicted molar refractivity (Wildman–Crippen MR) is 60.7 cm³/mol. The minimum Gasteiger partial charge on any atom is -0.390 e. The monoisotopic (exact) mass is 217 g/mol. The second-order valence-corrected chi connectivity index (χ2v) is 4.28. The van der Waals surface area contributed by atoms with E-state index in [2.05, 4.69) is 5.32 Å². The first-order chi connectivity index (χ1) is 6.84. The van der Waals surface area contributed by atoms with Gasteiger partial charge in [-0.15, -0.1) is 0 Å². The van der Waals surface area contributed by atoms with Gasteiger partial charge >= 0.3 is 0 Å². The lowest BCUT2D eigenvalue weighted by atomic mass is 10.2. The van der Waals surface area contributed by atoms with Crippen LogP contribution in [-0.4, -0.2) is 74.2 Å². The van der Waals surface area contributed by atoms with Crippen LogP contribution in [0.3, 0.4) is 0 Å². The number of carbonyl (C=O) groups excluding carboxylic acids is 1. The summed E-state index contributed by atoms with van der Waals surface area (Å²) in [4.78, 5) is 14.9. The number of aliphatic hydroxyl groups is 1. The predicted octanol–water partition coefficient (Wildman–Crippen LogP) is -1.02. The van der Waals surface area contributed by atoms with E-state index < -0.39 is 6.10 Å². The van der Waals surface area contributed by atoms with Gasteiger partial charge in [0.2, 0.25) is 5.91 Å². The van der Waals surface area contributed by atoms with Gasteiger partial charge in [-0.2, -0.15) is 0 Å². The van der Waals surface area contributed by atoms with Crippen molar-refractivity contribution in [2.24, 2.45) is 0 Å². The number of likely N-dealkylation sites (N-methyl/N-ethyl adjacent to an activating group) is 2. The molecule has 0 saturated carbocycles. The normalized spacial score (nSPS) is 15.1. The lowest BCUT2D eigenvalue weighted by Gasteiger charge is -2.21. The van der Waals surface area contributed by atoms with Gasteiger partial charge in [0.15, 0.2) is 0 Å². The molecule has 0 spiro atoms. The van der Waals surface area contributed by atoms with Crippen LogP contribution in [0.1, 0.15) is 6.92 Å². The Morgan fingerprint density at radius 3 is 2.27 bits per heavy atom. The Hall–Kier alpha value is -0.650. The molecule has 2 atom stereocenters. The molecule has 0 heterocycles. The third-order valence-electron chi connectivity index (χ3n) is 2.05. The summed E-state index contributed by atoms with van der Waals surface area (Å²) in [5.74, 6) is 0.0204. The molecule has 0 aliphatic heterocycles. The average molecular weight is 217 g/mol. The highest BCUT2D eigenvalue weighted by Gasteiger charge is 2.15. The van der Waals surface area contributed by atoms with Crippen molar-refractivity contribution in [3.8, 4) is 0 Å². The summed E-state index contributed by atoms with van der Waals surface area (Å²) >= 11 is 0. The topological polar surface area (TPSA) is 55.8 Å². The van der Waals surface area contributed by atoms with Crippen LogP contribution < -0.4 is 5.32 Å². The third kappa shape index (κ3) is 6.43. The number of hydrogen-bond acceptors (Lipinski definition) is 4. The van der Waals surface area contributed by atoms with E-state index in [0.717, 1.165) is 0 Å². The number of nitrogens with one attached hydrogen (secondary N) is 1. The third-order valence-corrected chi connectivity index (χ3v) is 2.05. The summed E-state index contributed by atoms with van der Waals surface area (Å²) in [5, 5.41) is 12.6. The molecule has 0 radical (unpaired) electrons. The molecule has 1 amide bonds. The molecule has 2 unspecified atom stereocenters. The van der Waals surface area contributed by atoms with E-state index in [-0.39, 0.29) is 11.9 Å². The molecule has 0 aromatic carbocycles. The number of aliphatic hydroxyl groups excluding tert-OH is 1. The Kier molecular flexibility index (Phi) is 6.47. The van der Waals surface area contributed by atoms with Crippen molar-refractivity contribution in [2.45, 2.75) is 19.1 Å². The molecule has 0 saturated heterocycles. The highest BCUT2D eigenvalue weighted by molar-refractivity contribution is 5.80. The molecule has 0 aromatic rings. The fourth-order valence-corrected chi connectivity index (χ4v) is 1.27. The van der Waals surface area contributed by atoms with Crippen molar-refractivity contribution in [1.82, 2.24) is 15.1 Å². The van der Waals surface area contributed by atoms with Gasteiger partial charge in [0.05, 0.1) is 12.1 Å². The van der Waals surface area contributed by atoms with E-state index >= 15 is 0 Å². The van der Waals surface area contributed by atoms with Crippen LogP contribution in [0.25, 0.3) is 0 Å². The fraction of sp³-hybridized carbons (Fsp3) is 0.900. The number of carbonyl (C=O) groups is 1. The zero-order valence-corrected chi connectivity index (χ0v) is 10.3. The molecule has 0 aliphatic rings. The Morgan fingerprint density at radius 1 is 1.33 bits per heavy atom. The van der Waals surface area contributed by atoms with E-state index in [4.69, 9.17) is 0 Å². The molecule has 2 N–H and O–H groups in total. The smallest absolute Gasteiger partial charge is 0.238 e. The maximum absolute atomic E-state index is 11.4. The first-order valence-corrected chi connectivity index (χ1v) is 5.12. The van der Waals surface area contributed by atoms with Crippen molar-refractivity contribution >= 4 is 5.91 Å². The van der Waals surface area contributed by atoms with Gasteiger partial charge in [0.25, 0.3) is 0 Å². The minimum atomic E-state index is -0.447. The quantitative estimate of drug-likeness (QED) is 0.598. The van der Waals surface area contributed by atoms with Crippen LogP contribution in [0.15, 0.2) is 0 Å². The molecule has 0 aromatic heterocycles. The van der Waals surface area contributed by atoms with Crippen molar-refractivity contribution in [2.75, 3.05) is 41.3 Å². The standard InChI is InChI=1S/C10H23N3O2/c1-8(10(15)13(4)5)11-6-9(14)7-12(2)3/h8-9,11,14H,6-7H2,1-5H3. The largest absolute Gasteiger partial charge is 0.390 e. The molecular formula is C10H23N3O2. The fourth-order valence-electron chi connectivity index (χ4n) is 1.27. The van der Waals surface area contributed by atoms with E-state index in [1.165, 1.54) is 4.90 Å². The molecule has 0 bridgehead atoms. The lowest BCUT2D eigenvalue weighted by Crippen LogP contribution is -2.45.